The zero-order chi connectivity index (χ0) is 14.7. The molecule has 21 heavy (non-hydrogen) atoms. The van der Waals surface area contributed by atoms with E-state index >= 15 is 0 Å². The van der Waals surface area contributed by atoms with Crippen molar-refractivity contribution in [3.63, 3.8) is 0 Å². The van der Waals surface area contributed by atoms with E-state index in [1.807, 2.05) is 0 Å². The molecule has 3 rings (SSSR count). The Morgan fingerprint density at radius 1 is 1.10 bits per heavy atom. The quantitative estimate of drug-likeness (QED) is 0.783. The number of fused-ring (bicyclic) bond motifs is 1. The first-order valence-corrected chi connectivity index (χ1v) is 9.13. The molecule has 0 aromatic heterocycles. The molecule has 1 aromatic rings. The van der Waals surface area contributed by atoms with E-state index in [-0.39, 0.29) is 0 Å². The Morgan fingerprint density at radius 2 is 1.86 bits per heavy atom. The molecule has 2 aliphatic carbocycles. The molecule has 1 saturated carbocycles. The van der Waals surface area contributed by atoms with Gasteiger partial charge < -0.3 is 5.32 Å². The largest absolute Gasteiger partial charge is 0.314 e. The summed E-state index contributed by atoms with van der Waals surface area (Å²) in [4.78, 5) is 0. The van der Waals surface area contributed by atoms with Crippen LogP contribution in [0.5, 0.6) is 0 Å². The lowest BCUT2D eigenvalue weighted by Gasteiger charge is -2.39. The van der Waals surface area contributed by atoms with Crippen LogP contribution in [0.4, 0.5) is 0 Å². The summed E-state index contributed by atoms with van der Waals surface area (Å²) in [5.41, 5.74) is 3.22. The van der Waals surface area contributed by atoms with Gasteiger partial charge in [-0.3, -0.25) is 0 Å². The van der Waals surface area contributed by atoms with Gasteiger partial charge in [0.15, 0.2) is 0 Å². The Bertz CT molecular complexity index is 445. The molecular weight excluding hydrogens is 254 g/mol. The minimum absolute atomic E-state index is 0.742. The third kappa shape index (κ3) is 3.34. The molecule has 0 aliphatic heterocycles. The lowest BCUT2D eigenvalue weighted by molar-refractivity contribution is 0.204. The molecule has 116 valence electrons. The van der Waals surface area contributed by atoms with E-state index in [9.17, 15) is 0 Å². The molecule has 0 saturated heterocycles. The van der Waals surface area contributed by atoms with E-state index in [2.05, 4.69) is 43.4 Å². The highest BCUT2D eigenvalue weighted by atomic mass is 14.9. The van der Waals surface area contributed by atoms with Crippen LogP contribution in [-0.4, -0.2) is 12.6 Å². The van der Waals surface area contributed by atoms with E-state index in [0.717, 1.165) is 30.3 Å². The second-order valence-corrected chi connectivity index (χ2v) is 7.19. The number of nitrogens with one attached hydrogen (secondary N) is 1. The zero-order valence-electron chi connectivity index (χ0n) is 13.8. The van der Waals surface area contributed by atoms with E-state index in [0.29, 0.717) is 0 Å². The molecular formula is C20H31N. The first-order valence-electron chi connectivity index (χ1n) is 9.13. The Labute approximate surface area is 130 Å². The summed E-state index contributed by atoms with van der Waals surface area (Å²) in [5.74, 6) is 2.74. The Hall–Kier alpha value is -0.820. The Balaban J connectivity index is 1.58. The van der Waals surface area contributed by atoms with Crippen molar-refractivity contribution < 1.29 is 0 Å². The summed E-state index contributed by atoms with van der Waals surface area (Å²) in [6, 6.07) is 9.79. The lowest BCUT2D eigenvalue weighted by atomic mass is 9.70. The van der Waals surface area contributed by atoms with Crippen LogP contribution >= 0.6 is 0 Å². The summed E-state index contributed by atoms with van der Waals surface area (Å²) in [6.45, 7) is 5.74. The first kappa shape index (κ1) is 15.1. The lowest BCUT2D eigenvalue weighted by Crippen LogP contribution is -2.40. The third-order valence-electron chi connectivity index (χ3n) is 6.00. The number of benzene rings is 1. The normalized spacial score (nSPS) is 29.5. The fourth-order valence-electron chi connectivity index (χ4n) is 4.58. The first-order chi connectivity index (χ1) is 10.3. The molecule has 1 N–H and O–H groups in total. The smallest absolute Gasteiger partial charge is 0.0101 e. The van der Waals surface area contributed by atoms with Crippen LogP contribution in [0.1, 0.15) is 69.4 Å². The summed E-state index contributed by atoms with van der Waals surface area (Å²) >= 11 is 0. The molecule has 0 bridgehead atoms. The SMILES string of the molecule is CCNC(CC1Cc2ccccc21)C1CCC(CC)CC1. The third-order valence-corrected chi connectivity index (χ3v) is 6.00. The number of hydrogen-bond donors (Lipinski definition) is 1. The van der Waals surface area contributed by atoms with Crippen molar-refractivity contribution >= 4 is 0 Å². The van der Waals surface area contributed by atoms with Crippen molar-refractivity contribution in [2.75, 3.05) is 6.54 Å². The minimum atomic E-state index is 0.742. The highest BCUT2D eigenvalue weighted by molar-refractivity contribution is 5.39. The predicted octanol–water partition coefficient (Wildman–Crippen LogP) is 4.91. The van der Waals surface area contributed by atoms with Crippen LogP contribution in [0.25, 0.3) is 0 Å². The predicted molar refractivity (Wildman–Crippen MR) is 90.7 cm³/mol. The zero-order valence-corrected chi connectivity index (χ0v) is 13.8. The van der Waals surface area contributed by atoms with Crippen LogP contribution in [0.2, 0.25) is 0 Å². The molecule has 0 heterocycles. The van der Waals surface area contributed by atoms with Gasteiger partial charge >= 0.3 is 0 Å². The van der Waals surface area contributed by atoms with Gasteiger partial charge in [-0.2, -0.15) is 0 Å². The highest BCUT2D eigenvalue weighted by Crippen LogP contribution is 2.41. The molecule has 1 aromatic carbocycles. The van der Waals surface area contributed by atoms with Gasteiger partial charge in [0, 0.05) is 6.04 Å². The maximum absolute atomic E-state index is 3.82. The van der Waals surface area contributed by atoms with Crippen molar-refractivity contribution in [2.45, 2.75) is 70.8 Å². The second kappa shape index (κ2) is 6.96. The van der Waals surface area contributed by atoms with Crippen molar-refractivity contribution in [1.29, 1.82) is 0 Å². The summed E-state index contributed by atoms with van der Waals surface area (Å²) in [6.07, 6.45) is 9.87. The van der Waals surface area contributed by atoms with Crippen LogP contribution < -0.4 is 5.32 Å². The maximum atomic E-state index is 3.82. The summed E-state index contributed by atoms with van der Waals surface area (Å²) in [5, 5.41) is 3.82. The van der Waals surface area contributed by atoms with Gasteiger partial charge in [-0.15, -0.1) is 0 Å². The topological polar surface area (TPSA) is 12.0 Å². The van der Waals surface area contributed by atoms with E-state index < -0.39 is 0 Å². The van der Waals surface area contributed by atoms with Crippen LogP contribution in [0.15, 0.2) is 24.3 Å². The summed E-state index contributed by atoms with van der Waals surface area (Å²) in [7, 11) is 0. The molecule has 2 atom stereocenters. The molecule has 1 heteroatoms. The monoisotopic (exact) mass is 285 g/mol. The van der Waals surface area contributed by atoms with Crippen molar-refractivity contribution in [2.24, 2.45) is 11.8 Å². The van der Waals surface area contributed by atoms with Gasteiger partial charge in [-0.25, -0.2) is 0 Å². The van der Waals surface area contributed by atoms with Crippen molar-refractivity contribution in [3.8, 4) is 0 Å². The molecule has 2 aliphatic rings. The molecule has 0 radical (unpaired) electrons. The van der Waals surface area contributed by atoms with Gasteiger partial charge in [0.25, 0.3) is 0 Å². The van der Waals surface area contributed by atoms with E-state index in [4.69, 9.17) is 0 Å². The molecule has 2 unspecified atom stereocenters. The Morgan fingerprint density at radius 3 is 2.52 bits per heavy atom. The van der Waals surface area contributed by atoms with Crippen LogP contribution in [-0.2, 0) is 6.42 Å². The minimum Gasteiger partial charge on any atom is -0.314 e. The van der Waals surface area contributed by atoms with Gasteiger partial charge in [0.05, 0.1) is 0 Å². The highest BCUT2D eigenvalue weighted by Gasteiger charge is 2.32. The van der Waals surface area contributed by atoms with Crippen LogP contribution in [0, 0.1) is 11.8 Å². The van der Waals surface area contributed by atoms with Gasteiger partial charge in [0.1, 0.15) is 0 Å². The van der Waals surface area contributed by atoms with E-state index in [1.165, 1.54) is 44.9 Å². The molecule has 1 fully saturated rings. The van der Waals surface area contributed by atoms with Crippen LogP contribution in [0.3, 0.4) is 0 Å². The number of hydrogen-bond acceptors (Lipinski definition) is 1. The average Bonchev–Trinajstić information content (AvgIpc) is 2.52. The number of rotatable bonds is 6. The fraction of sp³-hybridized carbons (Fsp3) is 0.700. The van der Waals surface area contributed by atoms with E-state index in [1.54, 1.807) is 11.1 Å². The fourth-order valence-corrected chi connectivity index (χ4v) is 4.58. The molecule has 0 spiro atoms. The van der Waals surface area contributed by atoms with Crippen molar-refractivity contribution in [3.05, 3.63) is 35.4 Å². The Kier molecular flexibility index (Phi) is 5.00. The van der Waals surface area contributed by atoms with Crippen molar-refractivity contribution in [1.82, 2.24) is 5.32 Å². The second-order valence-electron chi connectivity index (χ2n) is 7.19. The maximum Gasteiger partial charge on any atom is 0.0101 e. The average molecular weight is 285 g/mol. The standard InChI is InChI=1S/C20H31N/c1-3-15-9-11-16(12-10-15)20(21-4-2)14-18-13-17-7-5-6-8-19(17)18/h5-8,15-16,18,20-21H,3-4,9-14H2,1-2H3. The molecule has 0 amide bonds. The van der Waals surface area contributed by atoms with Gasteiger partial charge in [0.2, 0.25) is 0 Å². The van der Waals surface area contributed by atoms with Gasteiger partial charge in [-0.05, 0) is 61.1 Å². The van der Waals surface area contributed by atoms with Gasteiger partial charge in [-0.1, -0.05) is 57.4 Å². The summed E-state index contributed by atoms with van der Waals surface area (Å²) < 4.78 is 0. The molecule has 1 nitrogen and oxygen atoms in total.